The number of aliphatic hydroxyl groups excluding tert-OH is 1. The largest absolute Gasteiger partial charge is 0.490 e. The molecule has 0 aromatic carbocycles. The Hall–Kier alpha value is -2.36. The van der Waals surface area contributed by atoms with Crippen molar-refractivity contribution in [2.75, 3.05) is 31.1 Å². The first kappa shape index (κ1) is 25.3. The highest BCUT2D eigenvalue weighted by Gasteiger charge is 2.72. The summed E-state index contributed by atoms with van der Waals surface area (Å²) in [6.45, 7) is 11.8. The number of aryl methyl sites for hydroxylation is 1. The van der Waals surface area contributed by atoms with Crippen molar-refractivity contribution < 1.29 is 33.0 Å². The highest BCUT2D eigenvalue weighted by Crippen LogP contribution is 2.72. The van der Waals surface area contributed by atoms with Crippen molar-refractivity contribution in [3.05, 3.63) is 23.9 Å². The Morgan fingerprint density at radius 1 is 1.12 bits per heavy atom. The zero-order chi connectivity index (χ0) is 24.8. The number of hydrogen-bond donors (Lipinski definition) is 2. The number of anilines is 1. The first-order valence-corrected chi connectivity index (χ1v) is 11.1. The summed E-state index contributed by atoms with van der Waals surface area (Å²) in [5.41, 5.74) is 0.475. The summed E-state index contributed by atoms with van der Waals surface area (Å²) >= 11 is 0. The number of carbonyl (C=O) groups excluding carboxylic acids is 1. The van der Waals surface area contributed by atoms with E-state index in [0.717, 1.165) is 44.8 Å². The Morgan fingerprint density at radius 2 is 1.70 bits per heavy atom. The number of aliphatic carboxylic acids is 1. The van der Waals surface area contributed by atoms with Crippen LogP contribution in [0.25, 0.3) is 0 Å². The van der Waals surface area contributed by atoms with Gasteiger partial charge >= 0.3 is 12.1 Å². The number of nitrogens with zero attached hydrogens (tertiary/aromatic N) is 3. The number of amides is 1. The molecule has 2 bridgehead atoms. The number of rotatable bonds is 2. The Balaban J connectivity index is 0.000000383. The van der Waals surface area contributed by atoms with Gasteiger partial charge in [0, 0.05) is 32.4 Å². The van der Waals surface area contributed by atoms with E-state index in [2.05, 4.69) is 43.6 Å². The van der Waals surface area contributed by atoms with E-state index in [-0.39, 0.29) is 22.8 Å². The van der Waals surface area contributed by atoms with E-state index in [4.69, 9.17) is 9.90 Å². The van der Waals surface area contributed by atoms with Gasteiger partial charge in [0.25, 0.3) is 0 Å². The Kier molecular flexibility index (Phi) is 6.47. The lowest BCUT2D eigenvalue weighted by molar-refractivity contribution is -0.192. The fourth-order valence-electron chi connectivity index (χ4n) is 5.83. The number of carboxylic acids is 1. The smallest absolute Gasteiger partial charge is 0.475 e. The van der Waals surface area contributed by atoms with Crippen LogP contribution >= 0.6 is 0 Å². The van der Waals surface area contributed by atoms with Gasteiger partial charge < -0.3 is 20.0 Å². The number of alkyl halides is 3. The lowest BCUT2D eigenvalue weighted by Gasteiger charge is -2.44. The van der Waals surface area contributed by atoms with Crippen LogP contribution in [0.15, 0.2) is 18.3 Å². The summed E-state index contributed by atoms with van der Waals surface area (Å²) in [5.74, 6) is -1.46. The minimum absolute atomic E-state index is 0.143. The van der Waals surface area contributed by atoms with E-state index >= 15 is 0 Å². The van der Waals surface area contributed by atoms with E-state index in [0.29, 0.717) is 6.42 Å². The Bertz CT molecular complexity index is 914. The highest BCUT2D eigenvalue weighted by atomic mass is 19.4. The molecule has 3 atom stereocenters. The molecule has 1 aromatic heterocycles. The summed E-state index contributed by atoms with van der Waals surface area (Å²) in [6.07, 6.45) is -1.14. The van der Waals surface area contributed by atoms with Gasteiger partial charge in [-0.25, -0.2) is 9.78 Å². The monoisotopic (exact) mass is 471 g/mol. The topological polar surface area (TPSA) is 94.0 Å². The zero-order valence-corrected chi connectivity index (χ0v) is 19.4. The molecule has 1 aliphatic heterocycles. The molecule has 1 aromatic rings. The fourth-order valence-corrected chi connectivity index (χ4v) is 5.83. The summed E-state index contributed by atoms with van der Waals surface area (Å²) < 4.78 is 31.7. The summed E-state index contributed by atoms with van der Waals surface area (Å²) in [7, 11) is 0. The van der Waals surface area contributed by atoms with Crippen molar-refractivity contribution in [1.29, 1.82) is 0 Å². The van der Waals surface area contributed by atoms with Gasteiger partial charge in [0.15, 0.2) is 0 Å². The number of carboxylic acid groups (broad SMARTS) is 1. The SMILES string of the molecule is Cc1cccnc1N1CCN(C(=O)C23CCC(C)(C(O)C2)C3(C)C)CC1.O=C(O)C(F)(F)F. The molecular formula is C23H32F3N3O4. The maximum atomic E-state index is 13.6. The predicted molar refractivity (Wildman–Crippen MR) is 116 cm³/mol. The molecule has 4 rings (SSSR count). The average Bonchev–Trinajstić information content (AvgIpc) is 3.04. The highest BCUT2D eigenvalue weighted by molar-refractivity contribution is 5.85. The first-order chi connectivity index (χ1) is 15.2. The van der Waals surface area contributed by atoms with Gasteiger partial charge in [-0.15, -0.1) is 0 Å². The molecule has 2 saturated carbocycles. The molecule has 1 saturated heterocycles. The summed E-state index contributed by atoms with van der Waals surface area (Å²) in [4.78, 5) is 31.3. The van der Waals surface area contributed by atoms with Gasteiger partial charge in [-0.3, -0.25) is 4.79 Å². The van der Waals surface area contributed by atoms with Gasteiger partial charge in [0.1, 0.15) is 5.82 Å². The Morgan fingerprint density at radius 3 is 2.12 bits per heavy atom. The second-order valence-corrected chi connectivity index (χ2v) is 10.1. The lowest BCUT2D eigenvalue weighted by Crippen LogP contribution is -2.55. The molecule has 1 amide bonds. The van der Waals surface area contributed by atoms with Gasteiger partial charge in [-0.2, -0.15) is 13.2 Å². The third kappa shape index (κ3) is 4.06. The lowest BCUT2D eigenvalue weighted by atomic mass is 9.64. The molecule has 0 spiro atoms. The van der Waals surface area contributed by atoms with Crippen LogP contribution in [0.1, 0.15) is 45.6 Å². The number of fused-ring (bicyclic) bond motifs is 2. The fraction of sp³-hybridized carbons (Fsp3) is 0.696. The molecule has 184 valence electrons. The maximum Gasteiger partial charge on any atom is 0.490 e. The second-order valence-electron chi connectivity index (χ2n) is 10.1. The number of piperazine rings is 1. The molecule has 3 aliphatic rings. The van der Waals surface area contributed by atoms with Crippen molar-refractivity contribution in [1.82, 2.24) is 9.88 Å². The van der Waals surface area contributed by atoms with E-state index < -0.39 is 17.6 Å². The number of aromatic nitrogens is 1. The van der Waals surface area contributed by atoms with Crippen LogP contribution < -0.4 is 4.90 Å². The van der Waals surface area contributed by atoms with Crippen LogP contribution in [-0.2, 0) is 9.59 Å². The quantitative estimate of drug-likeness (QED) is 0.688. The minimum Gasteiger partial charge on any atom is -0.475 e. The normalized spacial score (nSPS) is 30.6. The third-order valence-corrected chi connectivity index (χ3v) is 8.47. The number of halogens is 3. The van der Waals surface area contributed by atoms with E-state index in [1.165, 1.54) is 5.56 Å². The molecule has 33 heavy (non-hydrogen) atoms. The molecule has 3 fully saturated rings. The number of carbonyl (C=O) groups is 2. The van der Waals surface area contributed by atoms with Crippen molar-refractivity contribution in [3.63, 3.8) is 0 Å². The van der Waals surface area contributed by atoms with E-state index in [9.17, 15) is 23.1 Å². The molecule has 2 N–H and O–H groups in total. The van der Waals surface area contributed by atoms with Crippen LogP contribution in [-0.4, -0.2) is 70.4 Å². The minimum atomic E-state index is -5.08. The van der Waals surface area contributed by atoms with Gasteiger partial charge in [0.2, 0.25) is 5.91 Å². The molecule has 0 radical (unpaired) electrons. The van der Waals surface area contributed by atoms with Crippen LogP contribution in [0.5, 0.6) is 0 Å². The summed E-state index contributed by atoms with van der Waals surface area (Å²) in [5, 5.41) is 17.8. The van der Waals surface area contributed by atoms with Crippen LogP contribution in [0, 0.1) is 23.2 Å². The number of hydrogen-bond acceptors (Lipinski definition) is 5. The van der Waals surface area contributed by atoms with Crippen molar-refractivity contribution in [2.24, 2.45) is 16.2 Å². The Labute approximate surface area is 191 Å². The predicted octanol–water partition coefficient (Wildman–Crippen LogP) is 3.25. The third-order valence-electron chi connectivity index (χ3n) is 8.47. The molecular weight excluding hydrogens is 439 g/mol. The molecule has 10 heteroatoms. The standard InChI is InChI=1S/C21H31N3O2.C2HF3O2/c1-15-6-5-9-22-17(15)23-10-12-24(13-11-23)18(26)21-8-7-20(4,16(25)14-21)19(21,2)3;3-2(4,5)1(6)7/h5-6,9,16,25H,7-8,10-14H2,1-4H3;(H,6,7). The van der Waals surface area contributed by atoms with Gasteiger partial charge in [-0.05, 0) is 48.6 Å². The van der Waals surface area contributed by atoms with E-state index in [1.54, 1.807) is 0 Å². The zero-order valence-electron chi connectivity index (χ0n) is 19.4. The second kappa shape index (κ2) is 8.45. The van der Waals surface area contributed by atoms with Crippen molar-refractivity contribution in [3.8, 4) is 0 Å². The summed E-state index contributed by atoms with van der Waals surface area (Å²) in [6, 6.07) is 4.04. The molecule has 2 aliphatic carbocycles. The van der Waals surface area contributed by atoms with Crippen LogP contribution in [0.2, 0.25) is 0 Å². The van der Waals surface area contributed by atoms with Gasteiger partial charge in [-0.1, -0.05) is 26.8 Å². The van der Waals surface area contributed by atoms with E-state index in [1.807, 2.05) is 17.2 Å². The molecule has 2 heterocycles. The van der Waals surface area contributed by atoms with Crippen molar-refractivity contribution in [2.45, 2.75) is 59.2 Å². The maximum absolute atomic E-state index is 13.6. The van der Waals surface area contributed by atoms with Crippen LogP contribution in [0.3, 0.4) is 0 Å². The first-order valence-electron chi connectivity index (χ1n) is 11.1. The average molecular weight is 472 g/mol. The van der Waals surface area contributed by atoms with Crippen molar-refractivity contribution >= 4 is 17.7 Å². The van der Waals surface area contributed by atoms with Crippen LogP contribution in [0.4, 0.5) is 19.0 Å². The molecule has 3 unspecified atom stereocenters. The van der Waals surface area contributed by atoms with Gasteiger partial charge in [0.05, 0.1) is 11.5 Å². The number of aliphatic hydroxyl groups is 1. The molecule has 7 nitrogen and oxygen atoms in total. The number of pyridine rings is 1.